The molecule has 4 heteroatoms. The molecule has 78 valence electrons. The van der Waals surface area contributed by atoms with Crippen LogP contribution in [0, 0.1) is 13.8 Å². The molecule has 0 fully saturated rings. The highest BCUT2D eigenvalue weighted by Crippen LogP contribution is 2.14. The SMILES string of the molecule is Cc1ccc(Nc2nc(C)cn2C)cn1. The minimum Gasteiger partial charge on any atom is -0.324 e. The Morgan fingerprint density at radius 2 is 2.00 bits per heavy atom. The molecule has 0 aromatic carbocycles. The fourth-order valence-corrected chi connectivity index (χ4v) is 1.40. The number of nitrogens with zero attached hydrogens (tertiary/aromatic N) is 3. The second-order valence-corrected chi connectivity index (χ2v) is 3.63. The van der Waals surface area contributed by atoms with Crippen LogP contribution < -0.4 is 5.32 Å². The Morgan fingerprint density at radius 1 is 1.20 bits per heavy atom. The van der Waals surface area contributed by atoms with Crippen LogP contribution >= 0.6 is 0 Å². The van der Waals surface area contributed by atoms with E-state index in [1.807, 2.05) is 43.8 Å². The lowest BCUT2D eigenvalue weighted by Gasteiger charge is -2.05. The summed E-state index contributed by atoms with van der Waals surface area (Å²) in [6, 6.07) is 3.96. The predicted octanol–water partition coefficient (Wildman–Crippen LogP) is 2.18. The maximum absolute atomic E-state index is 4.35. The zero-order valence-electron chi connectivity index (χ0n) is 9.15. The van der Waals surface area contributed by atoms with Crippen LogP contribution in [0.2, 0.25) is 0 Å². The summed E-state index contributed by atoms with van der Waals surface area (Å²) in [5, 5.41) is 3.21. The Kier molecular flexibility index (Phi) is 2.41. The lowest BCUT2D eigenvalue weighted by molar-refractivity contribution is 0.923. The minimum absolute atomic E-state index is 0.832. The molecule has 0 saturated carbocycles. The molecular formula is C11H14N4. The number of aromatic nitrogens is 3. The fraction of sp³-hybridized carbons (Fsp3) is 0.273. The molecule has 2 aromatic heterocycles. The van der Waals surface area contributed by atoms with Crippen molar-refractivity contribution in [2.75, 3.05) is 5.32 Å². The quantitative estimate of drug-likeness (QED) is 0.811. The molecule has 0 spiro atoms. The fourth-order valence-electron chi connectivity index (χ4n) is 1.40. The summed E-state index contributed by atoms with van der Waals surface area (Å²) in [4.78, 5) is 8.56. The van der Waals surface area contributed by atoms with Crippen molar-refractivity contribution in [1.29, 1.82) is 0 Å². The zero-order chi connectivity index (χ0) is 10.8. The molecule has 2 rings (SSSR count). The van der Waals surface area contributed by atoms with Crippen molar-refractivity contribution in [3.05, 3.63) is 35.9 Å². The van der Waals surface area contributed by atoms with Gasteiger partial charge in [0.2, 0.25) is 5.95 Å². The van der Waals surface area contributed by atoms with Crippen molar-refractivity contribution >= 4 is 11.6 Å². The normalized spacial score (nSPS) is 10.3. The lowest BCUT2D eigenvalue weighted by Crippen LogP contribution is -1.98. The number of pyridine rings is 1. The monoisotopic (exact) mass is 202 g/mol. The van der Waals surface area contributed by atoms with Gasteiger partial charge in [-0.15, -0.1) is 0 Å². The van der Waals surface area contributed by atoms with Crippen LogP contribution in [-0.4, -0.2) is 14.5 Å². The highest BCUT2D eigenvalue weighted by atomic mass is 15.2. The molecule has 0 saturated heterocycles. The average molecular weight is 202 g/mol. The molecule has 0 amide bonds. The molecule has 0 unspecified atom stereocenters. The maximum atomic E-state index is 4.35. The van der Waals surface area contributed by atoms with Crippen LogP contribution in [0.5, 0.6) is 0 Å². The van der Waals surface area contributed by atoms with E-state index >= 15 is 0 Å². The van der Waals surface area contributed by atoms with Gasteiger partial charge in [0.1, 0.15) is 0 Å². The van der Waals surface area contributed by atoms with Gasteiger partial charge in [0.25, 0.3) is 0 Å². The third kappa shape index (κ3) is 2.15. The van der Waals surface area contributed by atoms with Gasteiger partial charge in [-0.05, 0) is 26.0 Å². The Bertz CT molecular complexity index is 456. The molecule has 0 aliphatic rings. The summed E-state index contributed by atoms with van der Waals surface area (Å²) in [5.74, 6) is 0.832. The predicted molar refractivity (Wildman–Crippen MR) is 60.2 cm³/mol. The van der Waals surface area contributed by atoms with Gasteiger partial charge in [-0.25, -0.2) is 4.98 Å². The second kappa shape index (κ2) is 3.73. The maximum Gasteiger partial charge on any atom is 0.207 e. The number of nitrogens with one attached hydrogen (secondary N) is 1. The van der Waals surface area contributed by atoms with E-state index in [9.17, 15) is 0 Å². The minimum atomic E-state index is 0.832. The molecule has 0 bridgehead atoms. The van der Waals surface area contributed by atoms with E-state index in [1.54, 1.807) is 6.20 Å². The van der Waals surface area contributed by atoms with Crippen molar-refractivity contribution in [2.45, 2.75) is 13.8 Å². The number of aryl methyl sites for hydroxylation is 3. The topological polar surface area (TPSA) is 42.7 Å². The van der Waals surface area contributed by atoms with Crippen molar-refractivity contribution in [2.24, 2.45) is 7.05 Å². The zero-order valence-corrected chi connectivity index (χ0v) is 9.15. The standard InChI is InChI=1S/C11H14N4/c1-8-4-5-10(6-12-8)14-11-13-9(2)7-15(11)3/h4-7H,1-3H3,(H,13,14). The van der Waals surface area contributed by atoms with E-state index in [4.69, 9.17) is 0 Å². The number of hydrogen-bond donors (Lipinski definition) is 1. The molecule has 15 heavy (non-hydrogen) atoms. The first-order valence-corrected chi connectivity index (χ1v) is 4.85. The molecule has 0 atom stereocenters. The lowest BCUT2D eigenvalue weighted by atomic mass is 10.3. The Hall–Kier alpha value is -1.84. The van der Waals surface area contributed by atoms with Crippen LogP contribution in [0.15, 0.2) is 24.5 Å². The average Bonchev–Trinajstić information content (AvgIpc) is 2.49. The van der Waals surface area contributed by atoms with Crippen LogP contribution in [0.1, 0.15) is 11.4 Å². The van der Waals surface area contributed by atoms with Crippen LogP contribution in [0.3, 0.4) is 0 Å². The first-order valence-electron chi connectivity index (χ1n) is 4.85. The van der Waals surface area contributed by atoms with Crippen molar-refractivity contribution in [1.82, 2.24) is 14.5 Å². The molecule has 4 nitrogen and oxygen atoms in total. The van der Waals surface area contributed by atoms with E-state index in [2.05, 4.69) is 15.3 Å². The molecule has 0 radical (unpaired) electrons. The van der Waals surface area contributed by atoms with Crippen LogP contribution in [-0.2, 0) is 7.05 Å². The summed E-state index contributed by atoms with van der Waals surface area (Å²) < 4.78 is 1.95. The first kappa shape index (κ1) is 9.71. The smallest absolute Gasteiger partial charge is 0.207 e. The van der Waals surface area contributed by atoms with Crippen molar-refractivity contribution in [3.63, 3.8) is 0 Å². The summed E-state index contributed by atoms with van der Waals surface area (Å²) in [6.07, 6.45) is 3.78. The summed E-state index contributed by atoms with van der Waals surface area (Å²) in [6.45, 7) is 3.94. The summed E-state index contributed by atoms with van der Waals surface area (Å²) >= 11 is 0. The van der Waals surface area contributed by atoms with Crippen LogP contribution in [0.4, 0.5) is 11.6 Å². The van der Waals surface area contributed by atoms with E-state index in [-0.39, 0.29) is 0 Å². The summed E-state index contributed by atoms with van der Waals surface area (Å²) in [5.41, 5.74) is 2.96. The van der Waals surface area contributed by atoms with E-state index < -0.39 is 0 Å². The molecule has 2 heterocycles. The van der Waals surface area contributed by atoms with Crippen molar-refractivity contribution in [3.8, 4) is 0 Å². The Balaban J connectivity index is 2.21. The number of rotatable bonds is 2. The van der Waals surface area contributed by atoms with E-state index in [0.717, 1.165) is 23.0 Å². The van der Waals surface area contributed by atoms with E-state index in [1.165, 1.54) is 0 Å². The largest absolute Gasteiger partial charge is 0.324 e. The highest BCUT2D eigenvalue weighted by Gasteiger charge is 2.01. The number of imidazole rings is 1. The van der Waals surface area contributed by atoms with Gasteiger partial charge in [0.15, 0.2) is 0 Å². The molecule has 0 aliphatic heterocycles. The first-order chi connectivity index (χ1) is 7.15. The Morgan fingerprint density at radius 3 is 2.53 bits per heavy atom. The van der Waals surface area contributed by atoms with Gasteiger partial charge in [0.05, 0.1) is 17.6 Å². The number of hydrogen-bond acceptors (Lipinski definition) is 3. The van der Waals surface area contributed by atoms with Gasteiger partial charge in [-0.2, -0.15) is 0 Å². The Labute approximate surface area is 89.0 Å². The van der Waals surface area contributed by atoms with Gasteiger partial charge >= 0.3 is 0 Å². The van der Waals surface area contributed by atoms with Gasteiger partial charge in [0, 0.05) is 18.9 Å². The molecule has 1 N–H and O–H groups in total. The highest BCUT2D eigenvalue weighted by molar-refractivity contribution is 5.52. The van der Waals surface area contributed by atoms with Gasteiger partial charge in [-0.1, -0.05) is 0 Å². The molecule has 2 aromatic rings. The third-order valence-electron chi connectivity index (χ3n) is 2.16. The van der Waals surface area contributed by atoms with Crippen LogP contribution in [0.25, 0.3) is 0 Å². The van der Waals surface area contributed by atoms with E-state index in [0.29, 0.717) is 0 Å². The van der Waals surface area contributed by atoms with Gasteiger partial charge in [-0.3, -0.25) is 4.98 Å². The third-order valence-corrected chi connectivity index (χ3v) is 2.16. The second-order valence-electron chi connectivity index (χ2n) is 3.63. The molecule has 0 aliphatic carbocycles. The number of anilines is 2. The van der Waals surface area contributed by atoms with Crippen molar-refractivity contribution < 1.29 is 0 Å². The van der Waals surface area contributed by atoms with Gasteiger partial charge < -0.3 is 9.88 Å². The molecular weight excluding hydrogens is 188 g/mol. The summed E-state index contributed by atoms with van der Waals surface area (Å²) in [7, 11) is 1.96.